The maximum atomic E-state index is 11.4. The molecule has 0 aromatic heterocycles. The zero-order valence-electron chi connectivity index (χ0n) is 9.48. The normalized spacial score (nSPS) is 37.7. The summed E-state index contributed by atoms with van der Waals surface area (Å²) >= 11 is 0. The lowest BCUT2D eigenvalue weighted by Crippen LogP contribution is -2.53. The Balaban J connectivity index is 2.05. The smallest absolute Gasteiger partial charge is 0.133 e. The number of hydrogen-bond acceptors (Lipinski definition) is 3. The van der Waals surface area contributed by atoms with E-state index in [1.165, 1.54) is 0 Å². The van der Waals surface area contributed by atoms with Crippen LogP contribution in [-0.4, -0.2) is 41.0 Å². The third-order valence-electron chi connectivity index (χ3n) is 3.86. The monoisotopic (exact) mass is 211 g/mol. The number of rotatable bonds is 2. The molecule has 1 N–H and O–H groups in total. The van der Waals surface area contributed by atoms with Crippen molar-refractivity contribution >= 4 is 5.78 Å². The third-order valence-corrected chi connectivity index (χ3v) is 3.86. The molecule has 3 unspecified atom stereocenters. The molecule has 0 aromatic carbocycles. The van der Waals surface area contributed by atoms with Gasteiger partial charge in [-0.05, 0) is 25.8 Å². The van der Waals surface area contributed by atoms with E-state index in [-0.39, 0.29) is 12.0 Å². The van der Waals surface area contributed by atoms with E-state index in [2.05, 4.69) is 11.8 Å². The zero-order chi connectivity index (χ0) is 10.8. The van der Waals surface area contributed by atoms with Crippen molar-refractivity contribution in [2.45, 2.75) is 51.2 Å². The Morgan fingerprint density at radius 2 is 2.27 bits per heavy atom. The lowest BCUT2D eigenvalue weighted by molar-refractivity contribution is -0.128. The molecule has 2 aliphatic rings. The van der Waals surface area contributed by atoms with Crippen LogP contribution in [0.2, 0.25) is 0 Å². The maximum absolute atomic E-state index is 11.4. The van der Waals surface area contributed by atoms with Crippen molar-refractivity contribution in [3.8, 4) is 0 Å². The van der Waals surface area contributed by atoms with E-state index < -0.39 is 0 Å². The number of aliphatic hydroxyl groups is 1. The summed E-state index contributed by atoms with van der Waals surface area (Å²) in [4.78, 5) is 13.9. The second-order valence-electron chi connectivity index (χ2n) is 4.90. The fraction of sp³-hybridized carbons (Fsp3) is 0.917. The number of ketones is 1. The number of carbonyl (C=O) groups is 1. The number of carbonyl (C=O) groups excluding carboxylic acids is 1. The molecule has 0 bridgehead atoms. The van der Waals surface area contributed by atoms with Crippen molar-refractivity contribution in [1.82, 2.24) is 4.90 Å². The molecule has 1 aliphatic carbocycles. The molecule has 0 radical (unpaired) electrons. The topological polar surface area (TPSA) is 40.5 Å². The Morgan fingerprint density at radius 1 is 1.47 bits per heavy atom. The quantitative estimate of drug-likeness (QED) is 0.746. The van der Waals surface area contributed by atoms with Gasteiger partial charge in [-0.3, -0.25) is 9.69 Å². The fourth-order valence-corrected chi connectivity index (χ4v) is 3.11. The highest BCUT2D eigenvalue weighted by Gasteiger charge is 2.40. The SMILES string of the molecule is CCCN1CCC(O)C2CC(=O)CCC21. The van der Waals surface area contributed by atoms with Crippen LogP contribution >= 0.6 is 0 Å². The minimum absolute atomic E-state index is 0.214. The molecule has 0 aromatic rings. The summed E-state index contributed by atoms with van der Waals surface area (Å²) in [6, 6.07) is 0.464. The number of fused-ring (bicyclic) bond motifs is 1. The first-order chi connectivity index (χ1) is 7.22. The molecule has 1 saturated carbocycles. The van der Waals surface area contributed by atoms with Gasteiger partial charge in [0.05, 0.1) is 6.10 Å². The van der Waals surface area contributed by atoms with E-state index >= 15 is 0 Å². The zero-order valence-corrected chi connectivity index (χ0v) is 9.48. The van der Waals surface area contributed by atoms with Crippen LogP contribution in [0.3, 0.4) is 0 Å². The van der Waals surface area contributed by atoms with Crippen LogP contribution in [0.15, 0.2) is 0 Å². The van der Waals surface area contributed by atoms with Crippen molar-refractivity contribution in [3.63, 3.8) is 0 Å². The van der Waals surface area contributed by atoms with Crippen LogP contribution in [0.4, 0.5) is 0 Å². The summed E-state index contributed by atoms with van der Waals surface area (Å²) in [6.45, 7) is 4.31. The van der Waals surface area contributed by atoms with E-state index in [0.717, 1.165) is 32.4 Å². The summed E-state index contributed by atoms with van der Waals surface area (Å²) in [5, 5.41) is 9.93. The minimum Gasteiger partial charge on any atom is -0.393 e. The standard InChI is InChI=1S/C12H21NO2/c1-2-6-13-7-5-12(15)10-8-9(14)3-4-11(10)13/h10-12,15H,2-8H2,1H3. The Bertz CT molecular complexity index is 242. The maximum Gasteiger partial charge on any atom is 0.133 e. The van der Waals surface area contributed by atoms with Gasteiger partial charge in [0.25, 0.3) is 0 Å². The molecule has 3 nitrogen and oxygen atoms in total. The largest absolute Gasteiger partial charge is 0.393 e. The van der Waals surface area contributed by atoms with Crippen molar-refractivity contribution < 1.29 is 9.90 Å². The summed E-state index contributed by atoms with van der Waals surface area (Å²) in [7, 11) is 0. The molecule has 1 aliphatic heterocycles. The predicted octanol–water partition coefficient (Wildman–Crippen LogP) is 1.20. The number of likely N-dealkylation sites (tertiary alicyclic amines) is 1. The number of hydrogen-bond donors (Lipinski definition) is 1. The first-order valence-electron chi connectivity index (χ1n) is 6.16. The number of nitrogens with zero attached hydrogens (tertiary/aromatic N) is 1. The van der Waals surface area contributed by atoms with Crippen LogP contribution in [0.5, 0.6) is 0 Å². The third kappa shape index (κ3) is 2.23. The van der Waals surface area contributed by atoms with E-state index in [1.807, 2.05) is 0 Å². The summed E-state index contributed by atoms with van der Waals surface area (Å²) in [5.41, 5.74) is 0. The fourth-order valence-electron chi connectivity index (χ4n) is 3.11. The van der Waals surface area contributed by atoms with Gasteiger partial charge >= 0.3 is 0 Å². The molecule has 3 heteroatoms. The van der Waals surface area contributed by atoms with E-state index in [9.17, 15) is 9.90 Å². The highest BCUT2D eigenvalue weighted by Crippen LogP contribution is 2.34. The van der Waals surface area contributed by atoms with Crippen LogP contribution in [-0.2, 0) is 4.79 Å². The molecule has 2 fully saturated rings. The first-order valence-corrected chi connectivity index (χ1v) is 6.16. The molecular formula is C12H21NO2. The van der Waals surface area contributed by atoms with Crippen molar-refractivity contribution in [2.75, 3.05) is 13.1 Å². The Morgan fingerprint density at radius 3 is 3.00 bits per heavy atom. The molecule has 2 rings (SSSR count). The molecule has 0 amide bonds. The van der Waals surface area contributed by atoms with Gasteiger partial charge in [-0.15, -0.1) is 0 Å². The lowest BCUT2D eigenvalue weighted by Gasteiger charge is -2.46. The second kappa shape index (κ2) is 4.62. The number of Topliss-reactive ketones (excluding diaryl/α,β-unsaturated/α-hetero) is 1. The van der Waals surface area contributed by atoms with Gasteiger partial charge in [0.2, 0.25) is 0 Å². The van der Waals surface area contributed by atoms with Crippen LogP contribution < -0.4 is 0 Å². The van der Waals surface area contributed by atoms with Gasteiger partial charge in [-0.2, -0.15) is 0 Å². The molecule has 1 saturated heterocycles. The molecule has 0 spiro atoms. The van der Waals surface area contributed by atoms with Crippen LogP contribution in [0.25, 0.3) is 0 Å². The molecule has 3 atom stereocenters. The predicted molar refractivity (Wildman–Crippen MR) is 58.6 cm³/mol. The van der Waals surface area contributed by atoms with Gasteiger partial charge in [0.15, 0.2) is 0 Å². The number of aliphatic hydroxyl groups excluding tert-OH is 1. The van der Waals surface area contributed by atoms with Gasteiger partial charge < -0.3 is 5.11 Å². The summed E-state index contributed by atoms with van der Waals surface area (Å²) in [6.07, 6.45) is 4.04. The van der Waals surface area contributed by atoms with E-state index in [0.29, 0.717) is 24.7 Å². The van der Waals surface area contributed by atoms with Crippen molar-refractivity contribution in [1.29, 1.82) is 0 Å². The summed E-state index contributed by atoms with van der Waals surface area (Å²) in [5.74, 6) is 0.556. The first kappa shape index (κ1) is 11.1. The van der Waals surface area contributed by atoms with E-state index in [1.54, 1.807) is 0 Å². The van der Waals surface area contributed by atoms with Crippen molar-refractivity contribution in [2.24, 2.45) is 5.92 Å². The van der Waals surface area contributed by atoms with Crippen LogP contribution in [0, 0.1) is 5.92 Å². The van der Waals surface area contributed by atoms with Gasteiger partial charge in [0, 0.05) is 31.3 Å². The summed E-state index contributed by atoms with van der Waals surface area (Å²) < 4.78 is 0. The van der Waals surface area contributed by atoms with Crippen molar-refractivity contribution in [3.05, 3.63) is 0 Å². The van der Waals surface area contributed by atoms with Gasteiger partial charge in [0.1, 0.15) is 5.78 Å². The molecule has 15 heavy (non-hydrogen) atoms. The molecule has 1 heterocycles. The Kier molecular flexibility index (Phi) is 3.42. The average Bonchev–Trinajstić information content (AvgIpc) is 2.23. The molecule has 86 valence electrons. The van der Waals surface area contributed by atoms with Gasteiger partial charge in [-0.25, -0.2) is 0 Å². The number of piperidine rings is 1. The lowest BCUT2D eigenvalue weighted by atomic mass is 9.76. The Labute approximate surface area is 91.5 Å². The highest BCUT2D eigenvalue weighted by atomic mass is 16.3. The second-order valence-corrected chi connectivity index (χ2v) is 4.90. The van der Waals surface area contributed by atoms with Gasteiger partial charge in [-0.1, -0.05) is 6.92 Å². The van der Waals surface area contributed by atoms with E-state index in [4.69, 9.17) is 0 Å². The van der Waals surface area contributed by atoms with Crippen LogP contribution in [0.1, 0.15) is 39.0 Å². The highest BCUT2D eigenvalue weighted by molar-refractivity contribution is 5.79. The Hall–Kier alpha value is -0.410. The minimum atomic E-state index is -0.243. The average molecular weight is 211 g/mol. The molecular weight excluding hydrogens is 190 g/mol.